The predicted octanol–water partition coefficient (Wildman–Crippen LogP) is 3.31. The number of nitrogens with one attached hydrogen (secondary N) is 2. The number of hydrogen-bond acceptors (Lipinski definition) is 5. The molecule has 2 aliphatic carbocycles. The smallest absolute Gasteiger partial charge is 0.280 e. The maximum absolute atomic E-state index is 13.0. The summed E-state index contributed by atoms with van der Waals surface area (Å²) in [5.41, 5.74) is 0.165. The van der Waals surface area contributed by atoms with Crippen molar-refractivity contribution >= 4 is 29.0 Å². The van der Waals surface area contributed by atoms with Gasteiger partial charge in [-0.1, -0.05) is 12.5 Å². The predicted molar refractivity (Wildman–Crippen MR) is 100 cm³/mol. The van der Waals surface area contributed by atoms with E-state index in [1.54, 1.807) is 11.6 Å². The summed E-state index contributed by atoms with van der Waals surface area (Å²) in [6.45, 7) is 1.91. The molecule has 0 saturated heterocycles. The highest BCUT2D eigenvalue weighted by Crippen LogP contribution is 2.54. The van der Waals surface area contributed by atoms with Gasteiger partial charge in [0.25, 0.3) is 5.91 Å². The Labute approximate surface area is 156 Å². The maximum Gasteiger partial charge on any atom is 0.280 e. The Morgan fingerprint density at radius 3 is 2.85 bits per heavy atom. The first-order valence-corrected chi connectivity index (χ1v) is 9.86. The Kier molecular flexibility index (Phi) is 4.26. The van der Waals surface area contributed by atoms with E-state index in [1.165, 1.54) is 11.3 Å². The summed E-state index contributed by atoms with van der Waals surface area (Å²) in [6.07, 6.45) is 6.67. The van der Waals surface area contributed by atoms with Gasteiger partial charge in [0.05, 0.1) is 5.41 Å². The van der Waals surface area contributed by atoms with Crippen LogP contribution in [0.5, 0.6) is 0 Å². The normalized spacial score (nSPS) is 27.1. The van der Waals surface area contributed by atoms with Gasteiger partial charge in [-0.2, -0.15) is 0 Å². The van der Waals surface area contributed by atoms with E-state index in [4.69, 9.17) is 0 Å². The van der Waals surface area contributed by atoms with Gasteiger partial charge in [0.1, 0.15) is 5.82 Å². The third-order valence-electron chi connectivity index (χ3n) is 5.69. The minimum absolute atomic E-state index is 0.0284. The van der Waals surface area contributed by atoms with Gasteiger partial charge in [-0.05, 0) is 51.2 Å². The Hall–Kier alpha value is -2.28. The van der Waals surface area contributed by atoms with Gasteiger partial charge in [0.2, 0.25) is 5.91 Å². The summed E-state index contributed by atoms with van der Waals surface area (Å²) in [6, 6.07) is 5.61. The van der Waals surface area contributed by atoms with Crippen molar-refractivity contribution in [3.63, 3.8) is 0 Å². The molecule has 2 saturated carbocycles. The number of rotatable bonds is 4. The molecule has 0 aliphatic heterocycles. The highest BCUT2D eigenvalue weighted by molar-refractivity contribution is 7.11. The summed E-state index contributed by atoms with van der Waals surface area (Å²) < 4.78 is 0. The first-order chi connectivity index (χ1) is 12.5. The molecular weight excluding hydrogens is 348 g/mol. The molecule has 2 aromatic rings. The van der Waals surface area contributed by atoms with Crippen molar-refractivity contribution < 1.29 is 9.59 Å². The number of thiazole rings is 1. The number of carbonyl (C=O) groups is 2. The SMILES string of the molecule is Cc1cccc(NC(=O)C23CCCC(NC(=O)c4nccs4)(CC2)C3)n1. The molecule has 2 atom stereocenters. The quantitative estimate of drug-likeness (QED) is 0.865. The van der Waals surface area contributed by atoms with Gasteiger partial charge in [-0.25, -0.2) is 9.97 Å². The number of pyridine rings is 1. The van der Waals surface area contributed by atoms with Crippen LogP contribution < -0.4 is 10.6 Å². The summed E-state index contributed by atoms with van der Waals surface area (Å²) in [7, 11) is 0. The zero-order chi connectivity index (χ0) is 18.2. The molecule has 2 heterocycles. The first-order valence-electron chi connectivity index (χ1n) is 8.98. The number of nitrogens with zero attached hydrogens (tertiary/aromatic N) is 2. The largest absolute Gasteiger partial charge is 0.345 e. The molecular formula is C19H22N4O2S. The van der Waals surface area contributed by atoms with Gasteiger partial charge in [0.15, 0.2) is 5.01 Å². The molecule has 2 fully saturated rings. The van der Waals surface area contributed by atoms with Crippen LogP contribution in [0.2, 0.25) is 0 Å². The number of carbonyl (C=O) groups excluding carboxylic acids is 2. The summed E-state index contributed by atoms with van der Waals surface area (Å²) >= 11 is 1.34. The van der Waals surface area contributed by atoms with Crippen LogP contribution in [0.1, 0.15) is 54.0 Å². The lowest BCUT2D eigenvalue weighted by Gasteiger charge is -2.38. The van der Waals surface area contributed by atoms with E-state index in [1.807, 2.05) is 25.1 Å². The minimum Gasteiger partial charge on any atom is -0.345 e. The van der Waals surface area contributed by atoms with E-state index < -0.39 is 5.41 Å². The van der Waals surface area contributed by atoms with Crippen molar-refractivity contribution in [2.24, 2.45) is 5.41 Å². The zero-order valence-corrected chi connectivity index (χ0v) is 15.6. The van der Waals surface area contributed by atoms with Crippen LogP contribution in [0, 0.1) is 12.3 Å². The van der Waals surface area contributed by atoms with E-state index >= 15 is 0 Å². The molecule has 7 heteroatoms. The lowest BCUT2D eigenvalue weighted by atomic mass is 9.72. The fraction of sp³-hybridized carbons (Fsp3) is 0.474. The average molecular weight is 370 g/mol. The minimum atomic E-state index is -0.417. The Bertz CT molecular complexity index is 838. The summed E-state index contributed by atoms with van der Waals surface area (Å²) in [5.74, 6) is 0.499. The van der Waals surface area contributed by atoms with Crippen molar-refractivity contribution in [3.8, 4) is 0 Å². The van der Waals surface area contributed by atoms with E-state index in [2.05, 4.69) is 20.6 Å². The monoisotopic (exact) mass is 370 g/mol. The Balaban J connectivity index is 1.49. The number of aromatic nitrogens is 2. The van der Waals surface area contributed by atoms with Crippen LogP contribution >= 0.6 is 11.3 Å². The van der Waals surface area contributed by atoms with Crippen LogP contribution in [-0.2, 0) is 4.79 Å². The van der Waals surface area contributed by atoms with Gasteiger partial charge in [0, 0.05) is 22.8 Å². The molecule has 4 rings (SSSR count). The molecule has 136 valence electrons. The highest BCUT2D eigenvalue weighted by Gasteiger charge is 2.55. The van der Waals surface area contributed by atoms with Crippen molar-refractivity contribution in [2.45, 2.75) is 51.0 Å². The lowest BCUT2D eigenvalue weighted by Crippen LogP contribution is -2.50. The average Bonchev–Trinajstić information content (AvgIpc) is 3.23. The fourth-order valence-corrected chi connectivity index (χ4v) is 4.99. The number of anilines is 1. The molecule has 2 bridgehead atoms. The van der Waals surface area contributed by atoms with Crippen LogP contribution in [0.3, 0.4) is 0 Å². The van der Waals surface area contributed by atoms with Crippen molar-refractivity contribution in [1.82, 2.24) is 15.3 Å². The first kappa shape index (κ1) is 17.1. The van der Waals surface area contributed by atoms with Crippen molar-refractivity contribution in [2.75, 3.05) is 5.32 Å². The van der Waals surface area contributed by atoms with Gasteiger partial charge < -0.3 is 10.6 Å². The molecule has 0 aromatic carbocycles. The number of aryl methyl sites for hydroxylation is 1. The zero-order valence-electron chi connectivity index (χ0n) is 14.7. The molecule has 2 aromatic heterocycles. The lowest BCUT2D eigenvalue weighted by molar-refractivity contribution is -0.126. The molecule has 0 spiro atoms. The number of amides is 2. The molecule has 2 aliphatic rings. The van der Waals surface area contributed by atoms with Crippen LogP contribution in [0.25, 0.3) is 0 Å². The van der Waals surface area contributed by atoms with E-state index in [9.17, 15) is 9.59 Å². The number of fused-ring (bicyclic) bond motifs is 2. The second-order valence-electron chi connectivity index (χ2n) is 7.50. The maximum atomic E-state index is 13.0. The number of hydrogen-bond donors (Lipinski definition) is 2. The third-order valence-corrected chi connectivity index (χ3v) is 6.46. The summed E-state index contributed by atoms with van der Waals surface area (Å²) in [5, 5.41) is 8.47. The standard InChI is InChI=1S/C19H22N4O2S/c1-13-4-2-5-14(21-13)22-17(25)18-6-3-7-19(12-18,9-8-18)23-15(24)16-20-10-11-26-16/h2,4-5,10-11H,3,6-9,12H2,1H3,(H,23,24)(H,21,22,25). The van der Waals surface area contributed by atoms with Crippen molar-refractivity contribution in [1.29, 1.82) is 0 Å². The molecule has 2 N–H and O–H groups in total. The van der Waals surface area contributed by atoms with E-state index in [-0.39, 0.29) is 17.4 Å². The van der Waals surface area contributed by atoms with Crippen molar-refractivity contribution in [3.05, 3.63) is 40.5 Å². The van der Waals surface area contributed by atoms with E-state index in [0.29, 0.717) is 17.2 Å². The van der Waals surface area contributed by atoms with Gasteiger partial charge in [-0.15, -0.1) is 11.3 Å². The molecule has 26 heavy (non-hydrogen) atoms. The molecule has 6 nitrogen and oxygen atoms in total. The highest BCUT2D eigenvalue weighted by atomic mass is 32.1. The Morgan fingerprint density at radius 2 is 2.08 bits per heavy atom. The van der Waals surface area contributed by atoms with Gasteiger partial charge >= 0.3 is 0 Å². The van der Waals surface area contributed by atoms with Crippen LogP contribution in [-0.4, -0.2) is 27.3 Å². The molecule has 2 unspecified atom stereocenters. The van der Waals surface area contributed by atoms with Crippen LogP contribution in [0.15, 0.2) is 29.8 Å². The topological polar surface area (TPSA) is 84.0 Å². The fourth-order valence-electron chi connectivity index (χ4n) is 4.46. The molecule has 0 radical (unpaired) electrons. The Morgan fingerprint density at radius 1 is 1.19 bits per heavy atom. The van der Waals surface area contributed by atoms with Crippen LogP contribution in [0.4, 0.5) is 5.82 Å². The van der Waals surface area contributed by atoms with E-state index in [0.717, 1.165) is 37.8 Å². The molecule has 2 amide bonds. The van der Waals surface area contributed by atoms with Gasteiger partial charge in [-0.3, -0.25) is 9.59 Å². The third kappa shape index (κ3) is 3.11. The second kappa shape index (κ2) is 6.46. The summed E-state index contributed by atoms with van der Waals surface area (Å²) in [4.78, 5) is 34.0. The second-order valence-corrected chi connectivity index (χ2v) is 8.40.